The fraction of sp³-hybridized carbons (Fsp3) is 0.0290. The van der Waals surface area contributed by atoms with E-state index in [-0.39, 0.29) is 5.92 Å². The number of nitrogens with zero attached hydrogens (tertiary/aromatic N) is 4. The summed E-state index contributed by atoms with van der Waals surface area (Å²) in [5.41, 5.74) is 13.5. The van der Waals surface area contributed by atoms with E-state index in [1.165, 1.54) is 20.3 Å². The van der Waals surface area contributed by atoms with Gasteiger partial charge in [0.25, 0.3) is 0 Å². The van der Waals surface area contributed by atoms with Crippen LogP contribution >= 0.6 is 11.3 Å². The standard InChI is InChI=1S/C69H48N4OS/c1-4-19-46(5-2)68-70-67(71-69(72-68)52-24-13-8-14-25-52)44(3)42-57(51-36-34-50(35-37-51)48-22-11-7-12-23-48)60(43-45-30-32-49(33-31-45)47-20-9-6-10-21-47)73-58-28-17-15-26-55(58)63-59(73)40-38-53-54-39-41-62-64(66(54)74-65(53)63)56-27-16-18-29-61(56)75-62/h4-32,34-43,49H,1-3,33H2/b46-19+,57-42-,60-43-/t49-/m0/s1. The molecule has 0 bridgehead atoms. The molecule has 5 nitrogen and oxygen atoms in total. The highest BCUT2D eigenvalue weighted by Crippen LogP contribution is 2.47. The molecule has 13 rings (SSSR count). The molecule has 4 aromatic heterocycles. The fourth-order valence-electron chi connectivity index (χ4n) is 10.7. The summed E-state index contributed by atoms with van der Waals surface area (Å²) in [6.45, 7) is 12.8. The lowest BCUT2D eigenvalue weighted by Crippen LogP contribution is -2.05. The van der Waals surface area contributed by atoms with Gasteiger partial charge in [0, 0.05) is 64.5 Å². The number of aromatic nitrogens is 4. The van der Waals surface area contributed by atoms with Crippen LogP contribution in [0.1, 0.15) is 35.1 Å². The lowest BCUT2D eigenvalue weighted by atomic mass is 9.89. The molecule has 0 N–H and O–H groups in total. The van der Waals surface area contributed by atoms with Crippen molar-refractivity contribution in [2.75, 3.05) is 0 Å². The highest BCUT2D eigenvalue weighted by molar-refractivity contribution is 7.26. The molecule has 0 saturated heterocycles. The first kappa shape index (κ1) is 45.4. The average Bonchev–Trinajstić information content (AvgIpc) is 4.25. The van der Waals surface area contributed by atoms with Crippen LogP contribution < -0.4 is 0 Å². The van der Waals surface area contributed by atoms with E-state index in [9.17, 15) is 0 Å². The molecule has 8 aromatic carbocycles. The van der Waals surface area contributed by atoms with E-state index in [2.05, 4.69) is 200 Å². The van der Waals surface area contributed by atoms with Crippen LogP contribution in [0.4, 0.5) is 0 Å². The van der Waals surface area contributed by atoms with Gasteiger partial charge in [-0.15, -0.1) is 11.3 Å². The summed E-state index contributed by atoms with van der Waals surface area (Å²) >= 11 is 1.81. The Hall–Kier alpha value is -9.49. The van der Waals surface area contributed by atoms with Crippen LogP contribution in [-0.4, -0.2) is 19.5 Å². The predicted octanol–water partition coefficient (Wildman–Crippen LogP) is 18.6. The zero-order valence-corrected chi connectivity index (χ0v) is 41.8. The molecular weight excluding hydrogens is 933 g/mol. The van der Waals surface area contributed by atoms with Gasteiger partial charge in [-0.05, 0) is 82.8 Å². The maximum Gasteiger partial charge on any atom is 0.164 e. The fourth-order valence-corrected chi connectivity index (χ4v) is 11.8. The average molecular weight is 981 g/mol. The summed E-state index contributed by atoms with van der Waals surface area (Å²) < 4.78 is 12.1. The first-order valence-electron chi connectivity index (χ1n) is 25.2. The number of hydrogen-bond acceptors (Lipinski definition) is 5. The van der Waals surface area contributed by atoms with Gasteiger partial charge in [0.1, 0.15) is 11.2 Å². The third kappa shape index (κ3) is 8.18. The summed E-state index contributed by atoms with van der Waals surface area (Å²) in [6, 6.07) is 66.3. The van der Waals surface area contributed by atoms with Crippen molar-refractivity contribution in [3.05, 3.63) is 285 Å². The van der Waals surface area contributed by atoms with Crippen molar-refractivity contribution >= 4 is 97.7 Å². The van der Waals surface area contributed by atoms with Crippen LogP contribution in [0.5, 0.6) is 0 Å². The molecular formula is C69H48N4OS. The van der Waals surface area contributed by atoms with Gasteiger partial charge >= 0.3 is 0 Å². The summed E-state index contributed by atoms with van der Waals surface area (Å²) in [5.74, 6) is 1.71. The van der Waals surface area contributed by atoms with Crippen LogP contribution in [0.15, 0.2) is 266 Å². The molecule has 356 valence electrons. The summed E-state index contributed by atoms with van der Waals surface area (Å²) in [6.07, 6.45) is 17.6. The second-order valence-electron chi connectivity index (χ2n) is 18.8. The molecule has 0 fully saturated rings. The van der Waals surface area contributed by atoms with E-state index >= 15 is 0 Å². The van der Waals surface area contributed by atoms with Crippen LogP contribution in [0, 0.1) is 0 Å². The minimum absolute atomic E-state index is 0.265. The highest BCUT2D eigenvalue weighted by Gasteiger charge is 2.25. The number of benzene rings is 8. The Morgan fingerprint density at radius 3 is 1.97 bits per heavy atom. The van der Waals surface area contributed by atoms with Gasteiger partial charge in [-0.2, -0.15) is 0 Å². The molecule has 1 atom stereocenters. The van der Waals surface area contributed by atoms with Gasteiger partial charge < -0.3 is 8.98 Å². The van der Waals surface area contributed by atoms with Crippen LogP contribution in [0.25, 0.3) is 109 Å². The molecule has 6 heteroatoms. The molecule has 4 heterocycles. The molecule has 0 amide bonds. The molecule has 75 heavy (non-hydrogen) atoms. The van der Waals surface area contributed by atoms with Gasteiger partial charge in [-0.3, -0.25) is 0 Å². The van der Waals surface area contributed by atoms with Crippen molar-refractivity contribution < 1.29 is 4.42 Å². The van der Waals surface area contributed by atoms with Gasteiger partial charge in [-0.1, -0.05) is 208 Å². The molecule has 0 unspecified atom stereocenters. The molecule has 0 saturated carbocycles. The van der Waals surface area contributed by atoms with Gasteiger partial charge in [0.2, 0.25) is 0 Å². The maximum atomic E-state index is 7.26. The number of furan rings is 1. The van der Waals surface area contributed by atoms with Crippen molar-refractivity contribution in [2.24, 2.45) is 0 Å². The van der Waals surface area contributed by atoms with Crippen LogP contribution in [-0.2, 0) is 0 Å². The largest absolute Gasteiger partial charge is 0.455 e. The van der Waals surface area contributed by atoms with Crippen molar-refractivity contribution in [3.8, 4) is 22.5 Å². The summed E-state index contributed by atoms with van der Waals surface area (Å²) in [4.78, 5) is 15.2. The Morgan fingerprint density at radius 1 is 0.587 bits per heavy atom. The molecule has 1 aliphatic rings. The Kier molecular flexibility index (Phi) is 11.6. The Labute approximate surface area is 438 Å². The summed E-state index contributed by atoms with van der Waals surface area (Å²) in [5, 5.41) is 6.69. The van der Waals surface area contributed by atoms with E-state index < -0.39 is 0 Å². The molecule has 12 aromatic rings. The van der Waals surface area contributed by atoms with Crippen molar-refractivity contribution in [1.29, 1.82) is 0 Å². The topological polar surface area (TPSA) is 56.7 Å². The Balaban J connectivity index is 1.08. The maximum absolute atomic E-state index is 7.26. The normalized spacial score (nSPS) is 14.4. The number of thiophene rings is 1. The van der Waals surface area contributed by atoms with E-state index in [1.807, 2.05) is 42.5 Å². The summed E-state index contributed by atoms with van der Waals surface area (Å²) in [7, 11) is 0. The van der Waals surface area contributed by atoms with Gasteiger partial charge in [0.15, 0.2) is 17.5 Å². The highest BCUT2D eigenvalue weighted by atomic mass is 32.1. The van der Waals surface area contributed by atoms with Gasteiger partial charge in [-0.25, -0.2) is 15.0 Å². The first-order chi connectivity index (χ1) is 37.0. The van der Waals surface area contributed by atoms with Crippen molar-refractivity contribution in [2.45, 2.75) is 12.3 Å². The smallest absolute Gasteiger partial charge is 0.164 e. The minimum atomic E-state index is 0.265. The van der Waals surface area contributed by atoms with E-state index in [0.717, 1.165) is 100 Å². The lowest BCUT2D eigenvalue weighted by molar-refractivity contribution is 0.677. The van der Waals surface area contributed by atoms with E-state index in [1.54, 1.807) is 23.5 Å². The minimum Gasteiger partial charge on any atom is -0.455 e. The molecule has 1 aliphatic carbocycles. The number of rotatable bonds is 12. The zero-order chi connectivity index (χ0) is 50.4. The van der Waals surface area contributed by atoms with Crippen molar-refractivity contribution in [1.82, 2.24) is 19.5 Å². The number of hydrogen-bond donors (Lipinski definition) is 0. The van der Waals surface area contributed by atoms with E-state index in [4.69, 9.17) is 25.9 Å². The molecule has 0 aliphatic heterocycles. The number of allylic oxidation sites excluding steroid dienone is 13. The quantitative estimate of drug-likeness (QED) is 0.114. The second-order valence-corrected chi connectivity index (χ2v) is 19.9. The van der Waals surface area contributed by atoms with Crippen LogP contribution in [0.3, 0.4) is 0 Å². The third-order valence-corrected chi connectivity index (χ3v) is 15.4. The number of para-hydroxylation sites is 1. The molecule has 0 spiro atoms. The Morgan fingerprint density at radius 2 is 1.24 bits per heavy atom. The number of fused-ring (bicyclic) bond motifs is 11. The monoisotopic (exact) mass is 980 g/mol. The predicted molar refractivity (Wildman–Crippen MR) is 317 cm³/mol. The SMILES string of the molecule is C=C/C=C(\C=C)c1nc(C(=C)/C=C(\C(=C\C2=CC[C@@H](c3ccccc3)C=C2)n2c3ccccc3c3c4oc5c(ccc6sc7ccccc7c65)c4ccc32)c2ccc(-c3ccccc3)cc2)nc(-c2ccccc2)n1. The van der Waals surface area contributed by atoms with E-state index in [0.29, 0.717) is 23.0 Å². The Bertz CT molecular complexity index is 4410. The lowest BCUT2D eigenvalue weighted by Gasteiger charge is -2.20. The first-order valence-corrected chi connectivity index (χ1v) is 26.0. The van der Waals surface area contributed by atoms with Crippen LogP contribution in [0.2, 0.25) is 0 Å². The zero-order valence-electron chi connectivity index (χ0n) is 41.0. The third-order valence-electron chi connectivity index (χ3n) is 14.3. The second kappa shape index (κ2) is 19.2. The molecule has 0 radical (unpaired) electrons. The van der Waals surface area contributed by atoms with Gasteiger partial charge in [0.05, 0.1) is 22.1 Å². The van der Waals surface area contributed by atoms with Crippen molar-refractivity contribution in [3.63, 3.8) is 0 Å².